The Labute approximate surface area is 87.4 Å². The van der Waals surface area contributed by atoms with Crippen LogP contribution in [-0.4, -0.2) is 44.2 Å². The molecule has 0 aromatic heterocycles. The molecule has 86 valence electrons. The van der Waals surface area contributed by atoms with Crippen molar-refractivity contribution in [3.63, 3.8) is 0 Å². The van der Waals surface area contributed by atoms with Crippen LogP contribution in [0, 0.1) is 0 Å². The van der Waals surface area contributed by atoms with Gasteiger partial charge in [0.25, 0.3) is 0 Å². The molecule has 6 heteroatoms. The van der Waals surface area contributed by atoms with Gasteiger partial charge in [0.2, 0.25) is 0 Å². The molecule has 6 nitrogen and oxygen atoms in total. The van der Waals surface area contributed by atoms with Crippen LogP contribution in [-0.2, 0) is 28.5 Å². The fourth-order valence-corrected chi connectivity index (χ4v) is 1.16. The maximum Gasteiger partial charge on any atom is 0.417 e. The van der Waals surface area contributed by atoms with Crippen LogP contribution in [0.2, 0.25) is 0 Å². The Morgan fingerprint density at radius 2 is 2.07 bits per heavy atom. The number of rotatable bonds is 2. The minimum absolute atomic E-state index is 0.0165. The topological polar surface area (TPSA) is 71.1 Å². The zero-order valence-corrected chi connectivity index (χ0v) is 8.94. The molecule has 0 amide bonds. The van der Waals surface area contributed by atoms with E-state index in [1.165, 1.54) is 0 Å². The van der Waals surface area contributed by atoms with Gasteiger partial charge >= 0.3 is 11.9 Å². The summed E-state index contributed by atoms with van der Waals surface area (Å²) in [6, 6.07) is 0. The van der Waals surface area contributed by atoms with Crippen molar-refractivity contribution in [1.82, 2.24) is 0 Å². The van der Waals surface area contributed by atoms with E-state index in [9.17, 15) is 9.59 Å². The number of carbonyl (C=O) groups excluding carboxylic acids is 2. The minimum Gasteiger partial charge on any atom is -0.461 e. The van der Waals surface area contributed by atoms with Crippen LogP contribution in [0.25, 0.3) is 0 Å². The third kappa shape index (κ3) is 3.49. The second-order valence-electron chi connectivity index (χ2n) is 3.54. The molecule has 0 aromatic carbocycles. The van der Waals surface area contributed by atoms with Gasteiger partial charge in [0.1, 0.15) is 12.7 Å². The molecule has 0 bridgehead atoms. The SMILES string of the molecule is COC(=O)C(=O)OCC1COC(C)(C)O1. The van der Waals surface area contributed by atoms with Gasteiger partial charge in [-0.15, -0.1) is 0 Å². The average molecular weight is 218 g/mol. The molecule has 0 aliphatic carbocycles. The average Bonchev–Trinajstić information content (AvgIpc) is 2.53. The largest absolute Gasteiger partial charge is 0.461 e. The fourth-order valence-electron chi connectivity index (χ4n) is 1.16. The highest BCUT2D eigenvalue weighted by Gasteiger charge is 2.33. The molecule has 1 fully saturated rings. The smallest absolute Gasteiger partial charge is 0.417 e. The van der Waals surface area contributed by atoms with E-state index in [0.29, 0.717) is 6.61 Å². The third-order valence-corrected chi connectivity index (χ3v) is 1.82. The number of hydrogen-bond donors (Lipinski definition) is 0. The van der Waals surface area contributed by atoms with Gasteiger partial charge in [-0.25, -0.2) is 9.59 Å². The van der Waals surface area contributed by atoms with Gasteiger partial charge in [-0.05, 0) is 13.8 Å². The number of ether oxygens (including phenoxy) is 4. The molecule has 0 spiro atoms. The first-order valence-electron chi connectivity index (χ1n) is 4.51. The van der Waals surface area contributed by atoms with Crippen LogP contribution in [0.15, 0.2) is 0 Å². The first kappa shape index (κ1) is 11.9. The van der Waals surface area contributed by atoms with Gasteiger partial charge < -0.3 is 18.9 Å². The normalized spacial score (nSPS) is 23.5. The molecule has 0 N–H and O–H groups in total. The molecule has 1 saturated heterocycles. The molecule has 1 aliphatic rings. The van der Waals surface area contributed by atoms with E-state index in [-0.39, 0.29) is 12.7 Å². The number of methoxy groups -OCH3 is 1. The van der Waals surface area contributed by atoms with Crippen LogP contribution in [0.5, 0.6) is 0 Å². The first-order chi connectivity index (χ1) is 6.94. The molecular weight excluding hydrogens is 204 g/mol. The molecule has 1 heterocycles. The van der Waals surface area contributed by atoms with Crippen molar-refractivity contribution < 1.29 is 28.5 Å². The van der Waals surface area contributed by atoms with Crippen molar-refractivity contribution >= 4 is 11.9 Å². The summed E-state index contributed by atoms with van der Waals surface area (Å²) in [5.74, 6) is -2.71. The maximum absolute atomic E-state index is 10.9. The lowest BCUT2D eigenvalue weighted by molar-refractivity contribution is -0.171. The van der Waals surface area contributed by atoms with Gasteiger partial charge in [-0.3, -0.25) is 0 Å². The maximum atomic E-state index is 10.9. The summed E-state index contributed by atoms with van der Waals surface area (Å²) in [5, 5.41) is 0. The molecular formula is C9H14O6. The number of esters is 2. The Hall–Kier alpha value is -1.14. The second kappa shape index (κ2) is 4.59. The molecule has 0 radical (unpaired) electrons. The summed E-state index contributed by atoms with van der Waals surface area (Å²) >= 11 is 0. The molecule has 0 saturated carbocycles. The zero-order valence-electron chi connectivity index (χ0n) is 8.94. The third-order valence-electron chi connectivity index (χ3n) is 1.82. The zero-order chi connectivity index (χ0) is 11.5. The summed E-state index contributed by atoms with van der Waals surface area (Å²) in [6.07, 6.45) is -0.339. The predicted octanol–water partition coefficient (Wildman–Crippen LogP) is -0.146. The number of hydrogen-bond acceptors (Lipinski definition) is 6. The van der Waals surface area contributed by atoms with Crippen LogP contribution < -0.4 is 0 Å². The van der Waals surface area contributed by atoms with E-state index in [2.05, 4.69) is 9.47 Å². The quantitative estimate of drug-likeness (QED) is 0.474. The van der Waals surface area contributed by atoms with Gasteiger partial charge in [0.15, 0.2) is 5.79 Å². The van der Waals surface area contributed by atoms with Crippen LogP contribution in [0.3, 0.4) is 0 Å². The monoisotopic (exact) mass is 218 g/mol. The fraction of sp³-hybridized carbons (Fsp3) is 0.778. The highest BCUT2D eigenvalue weighted by molar-refractivity contribution is 6.29. The summed E-state index contributed by atoms with van der Waals surface area (Å²) in [7, 11) is 1.11. The van der Waals surface area contributed by atoms with E-state index in [4.69, 9.17) is 9.47 Å². The summed E-state index contributed by atoms with van der Waals surface area (Å²) in [6.45, 7) is 3.84. The van der Waals surface area contributed by atoms with Crippen LogP contribution in [0.4, 0.5) is 0 Å². The van der Waals surface area contributed by atoms with Gasteiger partial charge in [0.05, 0.1) is 13.7 Å². The molecule has 1 atom stereocenters. The van der Waals surface area contributed by atoms with Crippen molar-refractivity contribution in [2.45, 2.75) is 25.7 Å². The van der Waals surface area contributed by atoms with Crippen molar-refractivity contribution in [2.75, 3.05) is 20.3 Å². The van der Waals surface area contributed by atoms with Gasteiger partial charge in [0, 0.05) is 0 Å². The molecule has 0 aromatic rings. The van der Waals surface area contributed by atoms with Gasteiger partial charge in [-0.2, -0.15) is 0 Å². The molecule has 1 aliphatic heterocycles. The molecule has 1 rings (SSSR count). The van der Waals surface area contributed by atoms with Crippen LogP contribution >= 0.6 is 0 Å². The minimum atomic E-state index is -1.02. The summed E-state index contributed by atoms with van der Waals surface area (Å²) in [5.41, 5.74) is 0. The first-order valence-corrected chi connectivity index (χ1v) is 4.51. The van der Waals surface area contributed by atoms with E-state index in [0.717, 1.165) is 7.11 Å². The lowest BCUT2D eigenvalue weighted by Gasteiger charge is -2.16. The predicted molar refractivity (Wildman–Crippen MR) is 47.9 cm³/mol. The molecule has 1 unspecified atom stereocenters. The Balaban J connectivity index is 2.27. The van der Waals surface area contributed by atoms with E-state index in [1.807, 2.05) is 0 Å². The summed E-state index contributed by atoms with van der Waals surface area (Å²) < 4.78 is 19.4. The Kier molecular flexibility index (Phi) is 3.65. The van der Waals surface area contributed by atoms with Crippen molar-refractivity contribution in [2.24, 2.45) is 0 Å². The van der Waals surface area contributed by atoms with Gasteiger partial charge in [-0.1, -0.05) is 0 Å². The summed E-state index contributed by atoms with van der Waals surface area (Å²) in [4.78, 5) is 21.6. The van der Waals surface area contributed by atoms with Crippen LogP contribution in [0.1, 0.15) is 13.8 Å². The van der Waals surface area contributed by atoms with Crippen molar-refractivity contribution in [3.05, 3.63) is 0 Å². The molecule has 15 heavy (non-hydrogen) atoms. The Morgan fingerprint density at radius 1 is 1.40 bits per heavy atom. The highest BCUT2D eigenvalue weighted by Crippen LogP contribution is 2.22. The standard InChI is InChI=1S/C9H14O6/c1-9(2)14-5-6(15-9)4-13-8(11)7(10)12-3/h6H,4-5H2,1-3H3. The Bertz CT molecular complexity index is 259. The lowest BCUT2D eigenvalue weighted by atomic mass is 10.4. The van der Waals surface area contributed by atoms with E-state index < -0.39 is 17.7 Å². The lowest BCUT2D eigenvalue weighted by Crippen LogP contribution is -2.27. The van der Waals surface area contributed by atoms with E-state index in [1.54, 1.807) is 13.8 Å². The van der Waals surface area contributed by atoms with E-state index >= 15 is 0 Å². The Morgan fingerprint density at radius 3 is 2.53 bits per heavy atom. The van der Waals surface area contributed by atoms with Crippen molar-refractivity contribution in [1.29, 1.82) is 0 Å². The number of carbonyl (C=O) groups is 2. The highest BCUT2D eigenvalue weighted by atomic mass is 16.7. The second-order valence-corrected chi connectivity index (χ2v) is 3.54. The van der Waals surface area contributed by atoms with Crippen molar-refractivity contribution in [3.8, 4) is 0 Å².